The molecule has 5 rings (SSSR count). The maximum Gasteiger partial charge on any atom is 0.237 e. The van der Waals surface area contributed by atoms with Gasteiger partial charge >= 0.3 is 0 Å². The normalized spacial score (nSPS) is 22.6. The standard InChI is InChI=1S/C23H24N2O3/c1-24-19-8-4-3-7-18(19)23(22(24)27)10-12-25(13-11-23)21(26)17-14-16-6-2-5-9-20(16)28-15-17/h2-9,17H,10-15H2,1H3/t17-/m0/s1. The molecule has 0 bridgehead atoms. The van der Waals surface area contributed by atoms with E-state index in [1.165, 1.54) is 0 Å². The minimum atomic E-state index is -0.474. The SMILES string of the molecule is CN1C(=O)C2(CCN(C(=O)[C@@H]3COc4ccccc4C3)CC2)c2ccccc21. The number of ether oxygens (including phenoxy) is 1. The summed E-state index contributed by atoms with van der Waals surface area (Å²) in [7, 11) is 1.85. The van der Waals surface area contributed by atoms with Crippen LogP contribution in [0.3, 0.4) is 0 Å². The maximum absolute atomic E-state index is 13.1. The van der Waals surface area contributed by atoms with Gasteiger partial charge in [-0.2, -0.15) is 0 Å². The lowest BCUT2D eigenvalue weighted by Gasteiger charge is -2.40. The van der Waals surface area contributed by atoms with Crippen LogP contribution in [0, 0.1) is 5.92 Å². The molecule has 1 saturated heterocycles. The van der Waals surface area contributed by atoms with Gasteiger partial charge in [0, 0.05) is 25.8 Å². The second kappa shape index (κ2) is 6.36. The first-order chi connectivity index (χ1) is 13.6. The number of nitrogens with zero attached hydrogens (tertiary/aromatic N) is 2. The van der Waals surface area contributed by atoms with E-state index in [0.717, 1.165) is 29.0 Å². The van der Waals surface area contributed by atoms with Crippen molar-refractivity contribution in [1.29, 1.82) is 0 Å². The van der Waals surface area contributed by atoms with Gasteiger partial charge in [-0.3, -0.25) is 9.59 Å². The number of anilines is 1. The molecule has 0 radical (unpaired) electrons. The van der Waals surface area contributed by atoms with Crippen molar-refractivity contribution in [3.05, 3.63) is 59.7 Å². The van der Waals surface area contributed by atoms with Crippen LogP contribution >= 0.6 is 0 Å². The van der Waals surface area contributed by atoms with Crippen LogP contribution in [0.15, 0.2) is 48.5 Å². The van der Waals surface area contributed by atoms with Crippen molar-refractivity contribution < 1.29 is 14.3 Å². The Bertz CT molecular complexity index is 946. The number of hydrogen-bond donors (Lipinski definition) is 0. The lowest BCUT2D eigenvalue weighted by atomic mass is 9.73. The third-order valence-electron chi connectivity index (χ3n) is 6.65. The third-order valence-corrected chi connectivity index (χ3v) is 6.65. The van der Waals surface area contributed by atoms with Crippen LogP contribution in [0.1, 0.15) is 24.0 Å². The average Bonchev–Trinajstić information content (AvgIpc) is 2.96. The summed E-state index contributed by atoms with van der Waals surface area (Å²) in [5, 5.41) is 0. The molecule has 0 saturated carbocycles. The van der Waals surface area contributed by atoms with Gasteiger partial charge in [-0.25, -0.2) is 0 Å². The first-order valence-electron chi connectivity index (χ1n) is 9.97. The van der Waals surface area contributed by atoms with E-state index in [9.17, 15) is 9.59 Å². The zero-order valence-electron chi connectivity index (χ0n) is 16.1. The predicted molar refractivity (Wildman–Crippen MR) is 106 cm³/mol. The number of benzene rings is 2. The van der Waals surface area contributed by atoms with Crippen molar-refractivity contribution in [2.45, 2.75) is 24.7 Å². The highest BCUT2D eigenvalue weighted by Crippen LogP contribution is 2.47. The predicted octanol–water partition coefficient (Wildman–Crippen LogP) is 2.77. The molecule has 3 heterocycles. The third kappa shape index (κ3) is 2.45. The quantitative estimate of drug-likeness (QED) is 0.769. The van der Waals surface area contributed by atoms with E-state index in [1.54, 1.807) is 4.90 Å². The topological polar surface area (TPSA) is 49.9 Å². The molecule has 5 heteroatoms. The van der Waals surface area contributed by atoms with Crippen LogP contribution in [0.2, 0.25) is 0 Å². The Hall–Kier alpha value is -2.82. The summed E-state index contributed by atoms with van der Waals surface area (Å²) in [6.45, 7) is 1.66. The molecule has 0 N–H and O–H groups in total. The monoisotopic (exact) mass is 376 g/mol. The molecule has 0 unspecified atom stereocenters. The summed E-state index contributed by atoms with van der Waals surface area (Å²) in [5.74, 6) is 1.06. The fraction of sp³-hybridized carbons (Fsp3) is 0.391. The van der Waals surface area contributed by atoms with Gasteiger partial charge in [0.2, 0.25) is 11.8 Å². The van der Waals surface area contributed by atoms with Gasteiger partial charge in [0.15, 0.2) is 0 Å². The molecule has 5 nitrogen and oxygen atoms in total. The molecular weight excluding hydrogens is 352 g/mol. The summed E-state index contributed by atoms with van der Waals surface area (Å²) >= 11 is 0. The molecule has 3 aliphatic rings. The van der Waals surface area contributed by atoms with Gasteiger partial charge < -0.3 is 14.5 Å². The largest absolute Gasteiger partial charge is 0.492 e. The first kappa shape index (κ1) is 17.3. The lowest BCUT2D eigenvalue weighted by molar-refractivity contribution is -0.140. The number of fused-ring (bicyclic) bond motifs is 3. The van der Waals surface area contributed by atoms with Crippen molar-refractivity contribution in [3.8, 4) is 5.75 Å². The van der Waals surface area contributed by atoms with E-state index in [4.69, 9.17) is 4.74 Å². The van der Waals surface area contributed by atoms with E-state index in [0.29, 0.717) is 32.5 Å². The minimum absolute atomic E-state index is 0.141. The van der Waals surface area contributed by atoms with Crippen LogP contribution in [-0.2, 0) is 21.4 Å². The second-order valence-electron chi connectivity index (χ2n) is 8.11. The Balaban J connectivity index is 1.32. The molecule has 144 valence electrons. The Kier molecular flexibility index (Phi) is 3.93. The maximum atomic E-state index is 13.1. The summed E-state index contributed by atoms with van der Waals surface area (Å²) in [5.41, 5.74) is 2.74. The van der Waals surface area contributed by atoms with Crippen molar-refractivity contribution in [2.75, 3.05) is 31.6 Å². The summed E-state index contributed by atoms with van der Waals surface area (Å²) in [4.78, 5) is 29.9. The number of para-hydroxylation sites is 2. The van der Waals surface area contributed by atoms with Crippen LogP contribution in [0.5, 0.6) is 5.75 Å². The van der Waals surface area contributed by atoms with Crippen LogP contribution in [0.4, 0.5) is 5.69 Å². The van der Waals surface area contributed by atoms with Crippen molar-refractivity contribution >= 4 is 17.5 Å². The summed E-state index contributed by atoms with van der Waals surface area (Å²) in [6.07, 6.45) is 2.09. The zero-order valence-corrected chi connectivity index (χ0v) is 16.1. The molecule has 1 spiro atoms. The van der Waals surface area contributed by atoms with E-state index in [2.05, 4.69) is 6.07 Å². The smallest absolute Gasteiger partial charge is 0.237 e. The highest BCUT2D eigenvalue weighted by atomic mass is 16.5. The number of piperidine rings is 1. The van der Waals surface area contributed by atoms with Gasteiger partial charge in [-0.05, 0) is 42.5 Å². The molecule has 0 aliphatic carbocycles. The van der Waals surface area contributed by atoms with Crippen LogP contribution in [0.25, 0.3) is 0 Å². The first-order valence-corrected chi connectivity index (χ1v) is 9.97. The lowest BCUT2D eigenvalue weighted by Crippen LogP contribution is -2.51. The highest BCUT2D eigenvalue weighted by Gasteiger charge is 2.51. The average molecular weight is 376 g/mol. The Morgan fingerprint density at radius 1 is 1.07 bits per heavy atom. The molecule has 3 aliphatic heterocycles. The minimum Gasteiger partial charge on any atom is -0.492 e. The fourth-order valence-corrected chi connectivity index (χ4v) is 5.05. The molecule has 2 aromatic carbocycles. The van der Waals surface area contributed by atoms with E-state index < -0.39 is 5.41 Å². The number of amides is 2. The van der Waals surface area contributed by atoms with Crippen molar-refractivity contribution in [1.82, 2.24) is 4.90 Å². The molecule has 0 aromatic heterocycles. The number of hydrogen-bond acceptors (Lipinski definition) is 3. The van der Waals surface area contributed by atoms with Gasteiger partial charge in [-0.15, -0.1) is 0 Å². The highest BCUT2D eigenvalue weighted by molar-refractivity contribution is 6.08. The van der Waals surface area contributed by atoms with Crippen LogP contribution < -0.4 is 9.64 Å². The summed E-state index contributed by atoms with van der Waals surface area (Å²) in [6, 6.07) is 16.0. The number of likely N-dealkylation sites (N-methyl/N-ethyl adjacent to an activating group) is 1. The fourth-order valence-electron chi connectivity index (χ4n) is 5.05. The molecule has 2 amide bonds. The Labute approximate surface area is 164 Å². The molecule has 28 heavy (non-hydrogen) atoms. The van der Waals surface area contributed by atoms with Gasteiger partial charge in [-0.1, -0.05) is 36.4 Å². The van der Waals surface area contributed by atoms with E-state index in [1.807, 2.05) is 54.4 Å². The number of carbonyl (C=O) groups excluding carboxylic acids is 2. The zero-order chi connectivity index (χ0) is 19.3. The molecular formula is C23H24N2O3. The Morgan fingerprint density at radius 3 is 2.61 bits per heavy atom. The van der Waals surface area contributed by atoms with E-state index >= 15 is 0 Å². The Morgan fingerprint density at radius 2 is 1.79 bits per heavy atom. The molecule has 2 aromatic rings. The molecule has 1 fully saturated rings. The molecule has 1 atom stereocenters. The van der Waals surface area contributed by atoms with Gasteiger partial charge in [0.25, 0.3) is 0 Å². The van der Waals surface area contributed by atoms with Crippen molar-refractivity contribution in [3.63, 3.8) is 0 Å². The number of rotatable bonds is 1. The van der Waals surface area contributed by atoms with E-state index in [-0.39, 0.29) is 17.7 Å². The summed E-state index contributed by atoms with van der Waals surface area (Å²) < 4.78 is 5.81. The second-order valence-corrected chi connectivity index (χ2v) is 8.11. The van der Waals surface area contributed by atoms with Crippen molar-refractivity contribution in [2.24, 2.45) is 5.92 Å². The van der Waals surface area contributed by atoms with Gasteiger partial charge in [0.05, 0.1) is 11.3 Å². The van der Waals surface area contributed by atoms with Gasteiger partial charge in [0.1, 0.15) is 12.4 Å². The number of carbonyl (C=O) groups is 2. The number of likely N-dealkylation sites (tertiary alicyclic amines) is 1. The van der Waals surface area contributed by atoms with Crippen LogP contribution in [-0.4, -0.2) is 43.5 Å².